The van der Waals surface area contributed by atoms with Gasteiger partial charge in [0, 0.05) is 6.42 Å². The first-order chi connectivity index (χ1) is 10.1. The molecule has 0 aliphatic carbocycles. The molecular weight excluding hydrogens is 260 g/mol. The van der Waals surface area contributed by atoms with Gasteiger partial charge in [-0.3, -0.25) is 9.59 Å². The lowest BCUT2D eigenvalue weighted by atomic mass is 9.96. The molecule has 0 saturated carbocycles. The minimum absolute atomic E-state index is 0.0178. The molecular formula is C19H16O2. The first-order valence-electron chi connectivity index (χ1n) is 7.05. The van der Waals surface area contributed by atoms with Crippen LogP contribution in [0.1, 0.15) is 18.9 Å². The number of fused-ring (bicyclic) bond motifs is 2. The van der Waals surface area contributed by atoms with Crippen LogP contribution in [0.25, 0.3) is 21.5 Å². The topological polar surface area (TPSA) is 34.1 Å². The Morgan fingerprint density at radius 3 is 2.24 bits per heavy atom. The maximum Gasteiger partial charge on any atom is 0.144 e. The monoisotopic (exact) mass is 276 g/mol. The third-order valence-corrected chi connectivity index (χ3v) is 3.67. The molecule has 3 aromatic rings. The molecule has 0 saturated heterocycles. The number of ketones is 2. The van der Waals surface area contributed by atoms with E-state index < -0.39 is 0 Å². The normalized spacial score (nSPS) is 10.9. The molecule has 21 heavy (non-hydrogen) atoms. The summed E-state index contributed by atoms with van der Waals surface area (Å²) in [5.74, 6) is -0.103. The van der Waals surface area contributed by atoms with E-state index in [1.807, 2.05) is 24.3 Å². The van der Waals surface area contributed by atoms with Crippen molar-refractivity contribution in [1.82, 2.24) is 0 Å². The van der Waals surface area contributed by atoms with Gasteiger partial charge in [-0.25, -0.2) is 0 Å². The van der Waals surface area contributed by atoms with Gasteiger partial charge in [-0.05, 0) is 46.2 Å². The molecule has 2 nitrogen and oxygen atoms in total. The highest BCUT2D eigenvalue weighted by atomic mass is 16.1. The number of Topliss-reactive ketones (excluding diaryl/α,β-unsaturated/α-hetero) is 2. The smallest absolute Gasteiger partial charge is 0.144 e. The summed E-state index contributed by atoms with van der Waals surface area (Å²) < 4.78 is 0. The van der Waals surface area contributed by atoms with Crippen molar-refractivity contribution in [2.75, 3.05) is 0 Å². The molecule has 0 unspecified atom stereocenters. The Balaban J connectivity index is 2.08. The molecule has 0 aliphatic rings. The van der Waals surface area contributed by atoms with Gasteiger partial charge in [-0.15, -0.1) is 0 Å². The minimum Gasteiger partial charge on any atom is -0.300 e. The quantitative estimate of drug-likeness (QED) is 0.531. The molecule has 3 aromatic carbocycles. The second kappa shape index (κ2) is 5.49. The summed E-state index contributed by atoms with van der Waals surface area (Å²) in [5.41, 5.74) is 0.990. The van der Waals surface area contributed by atoms with E-state index in [0.29, 0.717) is 6.42 Å². The Hall–Kier alpha value is -2.48. The van der Waals surface area contributed by atoms with Gasteiger partial charge in [-0.1, -0.05) is 42.5 Å². The molecule has 0 atom stereocenters. The minimum atomic E-state index is -0.0781. The van der Waals surface area contributed by atoms with Crippen molar-refractivity contribution in [3.8, 4) is 0 Å². The van der Waals surface area contributed by atoms with Crippen molar-refractivity contribution >= 4 is 33.1 Å². The first kappa shape index (κ1) is 13.5. The summed E-state index contributed by atoms with van der Waals surface area (Å²) in [6, 6.07) is 18.4. The van der Waals surface area contributed by atoms with E-state index >= 15 is 0 Å². The summed E-state index contributed by atoms with van der Waals surface area (Å²) >= 11 is 0. The summed E-state index contributed by atoms with van der Waals surface area (Å²) in [6.07, 6.45) is 0.333. The molecule has 3 rings (SSSR count). The SMILES string of the molecule is CC(=O)CC(=O)Cc1cccc2cc3ccccc3cc12. The Kier molecular flexibility index (Phi) is 3.53. The molecule has 2 heteroatoms. The average molecular weight is 276 g/mol. The molecule has 0 bridgehead atoms. The van der Waals surface area contributed by atoms with Crippen molar-refractivity contribution < 1.29 is 9.59 Å². The Labute approximate surface area is 123 Å². The van der Waals surface area contributed by atoms with E-state index in [9.17, 15) is 9.59 Å². The van der Waals surface area contributed by atoms with Crippen molar-refractivity contribution in [2.45, 2.75) is 19.8 Å². The molecule has 0 amide bonds. The Morgan fingerprint density at radius 2 is 1.52 bits per heavy atom. The average Bonchev–Trinajstić information content (AvgIpc) is 2.45. The zero-order valence-electron chi connectivity index (χ0n) is 11.9. The van der Waals surface area contributed by atoms with Crippen LogP contribution in [-0.2, 0) is 16.0 Å². The number of benzene rings is 3. The third-order valence-electron chi connectivity index (χ3n) is 3.67. The maximum atomic E-state index is 11.9. The van der Waals surface area contributed by atoms with Crippen molar-refractivity contribution in [2.24, 2.45) is 0 Å². The highest BCUT2D eigenvalue weighted by Crippen LogP contribution is 2.26. The van der Waals surface area contributed by atoms with Gasteiger partial charge in [-0.2, -0.15) is 0 Å². The fourth-order valence-electron chi connectivity index (χ4n) is 2.74. The fourth-order valence-corrected chi connectivity index (χ4v) is 2.74. The predicted molar refractivity (Wildman–Crippen MR) is 85.5 cm³/mol. The van der Waals surface area contributed by atoms with E-state index in [1.165, 1.54) is 12.3 Å². The predicted octanol–water partition coefficient (Wildman–Crippen LogP) is 4.08. The van der Waals surface area contributed by atoms with Crippen LogP contribution in [0, 0.1) is 0 Å². The van der Waals surface area contributed by atoms with Gasteiger partial charge >= 0.3 is 0 Å². The maximum absolute atomic E-state index is 11.9. The number of carbonyl (C=O) groups is 2. The molecule has 0 N–H and O–H groups in total. The van der Waals surface area contributed by atoms with Crippen molar-refractivity contribution in [1.29, 1.82) is 0 Å². The lowest BCUT2D eigenvalue weighted by Gasteiger charge is -2.08. The van der Waals surface area contributed by atoms with E-state index in [1.54, 1.807) is 0 Å². The van der Waals surface area contributed by atoms with E-state index in [0.717, 1.165) is 21.7 Å². The molecule has 0 heterocycles. The number of rotatable bonds is 4. The van der Waals surface area contributed by atoms with Crippen LogP contribution in [0.5, 0.6) is 0 Å². The second-order valence-corrected chi connectivity index (χ2v) is 5.43. The summed E-state index contributed by atoms with van der Waals surface area (Å²) in [4.78, 5) is 23.0. The van der Waals surface area contributed by atoms with Crippen LogP contribution in [0.15, 0.2) is 54.6 Å². The number of carbonyl (C=O) groups excluding carboxylic acids is 2. The van der Waals surface area contributed by atoms with E-state index in [2.05, 4.69) is 30.3 Å². The van der Waals surface area contributed by atoms with Crippen LogP contribution < -0.4 is 0 Å². The van der Waals surface area contributed by atoms with E-state index in [-0.39, 0.29) is 18.0 Å². The van der Waals surface area contributed by atoms with Crippen LogP contribution in [-0.4, -0.2) is 11.6 Å². The van der Waals surface area contributed by atoms with Crippen LogP contribution in [0.2, 0.25) is 0 Å². The zero-order chi connectivity index (χ0) is 14.8. The fraction of sp³-hybridized carbons (Fsp3) is 0.158. The van der Waals surface area contributed by atoms with Crippen molar-refractivity contribution in [3.63, 3.8) is 0 Å². The van der Waals surface area contributed by atoms with Crippen molar-refractivity contribution in [3.05, 3.63) is 60.2 Å². The highest BCUT2D eigenvalue weighted by Gasteiger charge is 2.09. The Bertz CT molecular complexity index is 846. The largest absolute Gasteiger partial charge is 0.300 e. The van der Waals surface area contributed by atoms with Crippen LogP contribution >= 0.6 is 0 Å². The second-order valence-electron chi connectivity index (χ2n) is 5.43. The molecule has 0 radical (unpaired) electrons. The molecule has 0 aromatic heterocycles. The summed E-state index contributed by atoms with van der Waals surface area (Å²) in [5, 5.41) is 4.57. The lowest BCUT2D eigenvalue weighted by molar-refractivity contribution is -0.125. The molecule has 0 spiro atoms. The van der Waals surface area contributed by atoms with Gasteiger partial charge in [0.1, 0.15) is 11.6 Å². The van der Waals surface area contributed by atoms with Gasteiger partial charge < -0.3 is 0 Å². The van der Waals surface area contributed by atoms with Gasteiger partial charge in [0.05, 0.1) is 6.42 Å². The number of hydrogen-bond acceptors (Lipinski definition) is 2. The summed E-state index contributed by atoms with van der Waals surface area (Å²) in [6.45, 7) is 1.45. The standard InChI is InChI=1S/C19H16O2/c1-13(20)9-18(21)11-17-8-4-7-16-10-14-5-2-3-6-15(14)12-19(16)17/h2-8,10,12H,9,11H2,1H3. The van der Waals surface area contributed by atoms with Crippen LogP contribution in [0.4, 0.5) is 0 Å². The Morgan fingerprint density at radius 1 is 0.857 bits per heavy atom. The highest BCUT2D eigenvalue weighted by molar-refractivity contribution is 6.03. The first-order valence-corrected chi connectivity index (χ1v) is 7.05. The molecule has 104 valence electrons. The van der Waals surface area contributed by atoms with Gasteiger partial charge in [0.2, 0.25) is 0 Å². The van der Waals surface area contributed by atoms with Gasteiger partial charge in [0.15, 0.2) is 0 Å². The van der Waals surface area contributed by atoms with Gasteiger partial charge in [0.25, 0.3) is 0 Å². The molecule has 0 fully saturated rings. The van der Waals surface area contributed by atoms with E-state index in [4.69, 9.17) is 0 Å². The lowest BCUT2D eigenvalue weighted by Crippen LogP contribution is -2.07. The third kappa shape index (κ3) is 2.84. The summed E-state index contributed by atoms with van der Waals surface area (Å²) in [7, 11) is 0. The zero-order valence-corrected chi connectivity index (χ0v) is 11.9. The number of hydrogen-bond donors (Lipinski definition) is 0. The van der Waals surface area contributed by atoms with Crippen LogP contribution in [0.3, 0.4) is 0 Å². The molecule has 0 aliphatic heterocycles.